The van der Waals surface area contributed by atoms with Gasteiger partial charge in [-0.15, -0.1) is 0 Å². The second kappa shape index (κ2) is 9.60. The second-order valence-corrected chi connectivity index (χ2v) is 9.31. The Labute approximate surface area is 213 Å². The summed E-state index contributed by atoms with van der Waals surface area (Å²) < 4.78 is 12.7. The predicted molar refractivity (Wildman–Crippen MR) is 136 cm³/mol. The van der Waals surface area contributed by atoms with Crippen molar-refractivity contribution >= 4 is 22.8 Å². The fourth-order valence-corrected chi connectivity index (χ4v) is 5.20. The minimum atomic E-state index is -1.85. The Balaban J connectivity index is 1.51. The summed E-state index contributed by atoms with van der Waals surface area (Å²) in [5.74, 6) is -0.237. The lowest BCUT2D eigenvalue weighted by Crippen LogP contribution is -2.44. The van der Waals surface area contributed by atoms with Gasteiger partial charge < -0.3 is 30.2 Å². The fourth-order valence-electron chi connectivity index (χ4n) is 5.20. The molecule has 3 aromatic rings. The number of hydrogen-bond acceptors (Lipinski definition) is 8. The van der Waals surface area contributed by atoms with Crippen molar-refractivity contribution in [1.82, 2.24) is 14.9 Å². The number of aryl methyl sites for hydroxylation is 1. The Morgan fingerprint density at radius 1 is 1.27 bits per heavy atom. The van der Waals surface area contributed by atoms with E-state index in [2.05, 4.69) is 12.2 Å². The predicted octanol–water partition coefficient (Wildman–Crippen LogP) is 1.49. The van der Waals surface area contributed by atoms with E-state index in [0.717, 1.165) is 28.5 Å². The van der Waals surface area contributed by atoms with Gasteiger partial charge in [-0.25, -0.2) is 9.78 Å². The molecule has 2 aromatic heterocycles. The molecule has 0 aliphatic carbocycles. The van der Waals surface area contributed by atoms with Crippen molar-refractivity contribution in [1.29, 1.82) is 0 Å². The molecule has 0 saturated carbocycles. The van der Waals surface area contributed by atoms with Crippen molar-refractivity contribution in [3.63, 3.8) is 0 Å². The molecule has 2 aliphatic rings. The first kappa shape index (κ1) is 24.9. The van der Waals surface area contributed by atoms with Gasteiger partial charge in [0, 0.05) is 23.1 Å². The van der Waals surface area contributed by atoms with E-state index < -0.39 is 11.6 Å². The quantitative estimate of drug-likeness (QED) is 0.241. The number of pyridine rings is 2. The molecule has 10 nitrogen and oxygen atoms in total. The summed E-state index contributed by atoms with van der Waals surface area (Å²) in [7, 11) is 0. The summed E-state index contributed by atoms with van der Waals surface area (Å²) in [5, 5.41) is 14.7. The fraction of sp³-hybridized carbons (Fsp3) is 0.407. The van der Waals surface area contributed by atoms with Gasteiger partial charge in [-0.05, 0) is 49.1 Å². The molecule has 0 unspecified atom stereocenters. The van der Waals surface area contributed by atoms with Crippen molar-refractivity contribution in [3.8, 4) is 17.1 Å². The Morgan fingerprint density at radius 2 is 2.08 bits per heavy atom. The van der Waals surface area contributed by atoms with Gasteiger partial charge in [0.05, 0.1) is 42.2 Å². The van der Waals surface area contributed by atoms with E-state index in [0.29, 0.717) is 54.4 Å². The molecule has 0 spiro atoms. The van der Waals surface area contributed by atoms with Gasteiger partial charge in [-0.3, -0.25) is 9.59 Å². The zero-order valence-electron chi connectivity index (χ0n) is 20.9. The molecule has 1 atom stereocenters. The summed E-state index contributed by atoms with van der Waals surface area (Å²) in [6.45, 7) is 4.83. The molecule has 4 heterocycles. The average molecular weight is 507 g/mol. The number of ether oxygens (including phenoxy) is 2. The van der Waals surface area contributed by atoms with E-state index >= 15 is 0 Å². The number of nitrogens with two attached hydrogens (primary N) is 1. The van der Waals surface area contributed by atoms with E-state index in [1.807, 2.05) is 18.2 Å². The van der Waals surface area contributed by atoms with Gasteiger partial charge in [-0.2, -0.15) is 0 Å². The minimum Gasteiger partial charge on any atom is -0.494 e. The van der Waals surface area contributed by atoms with Crippen LogP contribution in [0.2, 0.25) is 0 Å². The van der Waals surface area contributed by atoms with Crippen LogP contribution in [-0.2, 0) is 39.5 Å². The Hall–Kier alpha value is -3.76. The summed E-state index contributed by atoms with van der Waals surface area (Å²) in [6.07, 6.45) is 1.47. The van der Waals surface area contributed by atoms with E-state index in [1.165, 1.54) is 0 Å². The summed E-state index contributed by atoms with van der Waals surface area (Å²) >= 11 is 0. The summed E-state index contributed by atoms with van der Waals surface area (Å²) in [6, 6.07) is 7.42. The molecule has 194 valence electrons. The molecular formula is C27H30N4O6. The van der Waals surface area contributed by atoms with Gasteiger partial charge in [0.15, 0.2) is 5.60 Å². The maximum Gasteiger partial charge on any atom is 0.343 e. The molecular weight excluding hydrogens is 476 g/mol. The monoisotopic (exact) mass is 506 g/mol. The van der Waals surface area contributed by atoms with Crippen LogP contribution in [0.25, 0.3) is 22.3 Å². The molecule has 0 radical (unpaired) electrons. The number of carbonyl (C=O) groups excluding carboxylic acids is 2. The molecule has 1 amide bonds. The molecule has 0 saturated heterocycles. The molecule has 37 heavy (non-hydrogen) atoms. The zero-order valence-corrected chi connectivity index (χ0v) is 20.9. The highest BCUT2D eigenvalue weighted by Gasteiger charge is 2.45. The van der Waals surface area contributed by atoms with E-state index in [4.69, 9.17) is 20.2 Å². The number of amides is 1. The Morgan fingerprint density at radius 3 is 2.81 bits per heavy atom. The van der Waals surface area contributed by atoms with Crippen LogP contribution < -0.4 is 21.3 Å². The number of nitrogens with one attached hydrogen (secondary N) is 1. The van der Waals surface area contributed by atoms with Crippen LogP contribution in [0.4, 0.5) is 0 Å². The van der Waals surface area contributed by atoms with E-state index in [1.54, 1.807) is 17.6 Å². The number of aromatic nitrogens is 2. The van der Waals surface area contributed by atoms with Crippen LogP contribution in [0.5, 0.6) is 5.75 Å². The third-order valence-electron chi connectivity index (χ3n) is 7.23. The highest BCUT2D eigenvalue weighted by Crippen LogP contribution is 2.40. The van der Waals surface area contributed by atoms with Crippen LogP contribution in [0.15, 0.2) is 29.1 Å². The first-order chi connectivity index (χ1) is 17.8. The first-order valence-corrected chi connectivity index (χ1v) is 12.5. The number of hydrogen-bond donors (Lipinski definition) is 3. The Kier molecular flexibility index (Phi) is 6.47. The van der Waals surface area contributed by atoms with E-state index in [-0.39, 0.29) is 31.0 Å². The molecule has 10 heteroatoms. The van der Waals surface area contributed by atoms with Gasteiger partial charge in [0.25, 0.3) is 5.56 Å². The van der Waals surface area contributed by atoms with Gasteiger partial charge in [0.1, 0.15) is 12.4 Å². The lowest BCUT2D eigenvalue weighted by molar-refractivity contribution is -0.172. The first-order valence-electron chi connectivity index (χ1n) is 12.5. The second-order valence-electron chi connectivity index (χ2n) is 9.31. The lowest BCUT2D eigenvalue weighted by Gasteiger charge is -2.31. The van der Waals surface area contributed by atoms with Crippen LogP contribution in [0.3, 0.4) is 0 Å². The van der Waals surface area contributed by atoms with Crippen LogP contribution >= 0.6 is 0 Å². The molecule has 4 N–H and O–H groups in total. The number of benzene rings is 1. The number of nitrogens with zero attached hydrogens (tertiary/aromatic N) is 2. The SMILES string of the molecule is CCc1c2c(nc3ccc(OCCCNC(=O)CN)cc13)-c1cc3c(c(=O)n1C2)COC(=O)[C@]3(O)CC. The number of rotatable bonds is 8. The number of cyclic esters (lactones) is 1. The molecule has 1 aromatic carbocycles. The number of esters is 1. The average Bonchev–Trinajstić information content (AvgIpc) is 3.27. The molecule has 5 rings (SSSR count). The van der Waals surface area contributed by atoms with Crippen molar-refractivity contribution in [2.75, 3.05) is 19.7 Å². The third kappa shape index (κ3) is 4.06. The topological polar surface area (TPSA) is 146 Å². The van der Waals surface area contributed by atoms with Crippen molar-refractivity contribution in [2.24, 2.45) is 5.73 Å². The van der Waals surface area contributed by atoms with Crippen LogP contribution in [-0.4, -0.2) is 46.2 Å². The minimum absolute atomic E-state index is 0.0351. The molecule has 0 fully saturated rings. The molecule has 2 aliphatic heterocycles. The highest BCUT2D eigenvalue weighted by atomic mass is 16.6. The van der Waals surface area contributed by atoms with Crippen LogP contribution in [0, 0.1) is 0 Å². The maximum absolute atomic E-state index is 13.4. The van der Waals surface area contributed by atoms with E-state index in [9.17, 15) is 19.5 Å². The lowest BCUT2D eigenvalue weighted by atomic mass is 9.86. The summed E-state index contributed by atoms with van der Waals surface area (Å²) in [4.78, 5) is 42.0. The number of fused-ring (bicyclic) bond motifs is 5. The van der Waals surface area contributed by atoms with Gasteiger partial charge in [0.2, 0.25) is 5.91 Å². The highest BCUT2D eigenvalue weighted by molar-refractivity contribution is 5.90. The number of aliphatic hydroxyl groups is 1. The van der Waals surface area contributed by atoms with Crippen molar-refractivity contribution in [2.45, 2.75) is 51.9 Å². The third-order valence-corrected chi connectivity index (χ3v) is 7.23. The zero-order chi connectivity index (χ0) is 26.3. The number of carbonyl (C=O) groups is 2. The smallest absolute Gasteiger partial charge is 0.343 e. The van der Waals surface area contributed by atoms with Gasteiger partial charge in [-0.1, -0.05) is 13.8 Å². The summed E-state index contributed by atoms with van der Waals surface area (Å²) in [5.41, 5.74) is 7.84. The Bertz CT molecular complexity index is 1480. The van der Waals surface area contributed by atoms with Crippen molar-refractivity contribution in [3.05, 3.63) is 56.9 Å². The van der Waals surface area contributed by atoms with Crippen molar-refractivity contribution < 1.29 is 24.2 Å². The normalized spacial score (nSPS) is 17.7. The van der Waals surface area contributed by atoms with Gasteiger partial charge >= 0.3 is 5.97 Å². The van der Waals surface area contributed by atoms with Crippen LogP contribution in [0.1, 0.15) is 48.9 Å². The molecule has 0 bridgehead atoms. The maximum atomic E-state index is 13.4. The standard InChI is InChI=1S/C27H30N4O6/c1-3-16-17-10-15(36-9-5-8-29-23(32)12-28)6-7-21(17)30-24-18(16)13-31-22(24)11-20-19(25(31)33)14-37-26(34)27(20,35)4-2/h6-7,10-11,35H,3-5,8-9,12-14,28H2,1-2H3,(H,29,32)/t27-/m0/s1. The largest absolute Gasteiger partial charge is 0.494 e.